The van der Waals surface area contributed by atoms with Crippen LogP contribution in [0.4, 0.5) is 0 Å². The Morgan fingerprint density at radius 1 is 1.35 bits per heavy atom. The van der Waals surface area contributed by atoms with Crippen LogP contribution < -0.4 is 10.5 Å². The van der Waals surface area contributed by atoms with E-state index in [2.05, 4.69) is 41.6 Å². The number of ether oxygens (including phenoxy) is 1. The van der Waals surface area contributed by atoms with Gasteiger partial charge in [-0.05, 0) is 72.0 Å². The topological polar surface area (TPSA) is 35.2 Å². The number of nitrogens with two attached hydrogens (primary N) is 1. The summed E-state index contributed by atoms with van der Waals surface area (Å²) < 4.78 is 6.79. The van der Waals surface area contributed by atoms with Crippen LogP contribution in [0.25, 0.3) is 0 Å². The summed E-state index contributed by atoms with van der Waals surface area (Å²) in [6.07, 6.45) is 4.45. The van der Waals surface area contributed by atoms with Crippen molar-refractivity contribution in [1.29, 1.82) is 0 Å². The molecule has 0 saturated carbocycles. The van der Waals surface area contributed by atoms with Crippen LogP contribution in [0.5, 0.6) is 5.75 Å². The third-order valence-corrected chi connectivity index (χ3v) is 3.80. The molecule has 0 bridgehead atoms. The molecular weight excluding hydrogens is 325 g/mol. The molecule has 1 unspecified atom stereocenters. The second-order valence-electron chi connectivity index (χ2n) is 4.54. The van der Waals surface area contributed by atoms with Crippen molar-refractivity contribution in [3.8, 4) is 5.75 Å². The second-order valence-corrected chi connectivity index (χ2v) is 5.70. The molecule has 1 atom stereocenters. The van der Waals surface area contributed by atoms with Crippen molar-refractivity contribution in [2.75, 3.05) is 7.11 Å². The van der Waals surface area contributed by atoms with E-state index in [1.165, 1.54) is 27.5 Å². The zero-order valence-corrected chi connectivity index (χ0v) is 13.1. The first-order valence-electron chi connectivity index (χ1n) is 6.19. The monoisotopic (exact) mass is 347 g/mol. The van der Waals surface area contributed by atoms with Crippen molar-refractivity contribution < 1.29 is 4.74 Å². The second kappa shape index (κ2) is 7.21. The fourth-order valence-corrected chi connectivity index (χ4v) is 2.69. The molecule has 0 aliphatic carbocycles. The van der Waals surface area contributed by atoms with Gasteiger partial charge in [-0.15, -0.1) is 0 Å². The number of methoxy groups -OCH3 is 1. The van der Waals surface area contributed by atoms with Gasteiger partial charge in [0.2, 0.25) is 0 Å². The van der Waals surface area contributed by atoms with Gasteiger partial charge >= 0.3 is 0 Å². The van der Waals surface area contributed by atoms with E-state index >= 15 is 0 Å². The molecule has 0 aromatic heterocycles. The molecule has 3 heteroatoms. The van der Waals surface area contributed by atoms with Gasteiger partial charge in [-0.3, -0.25) is 0 Å². The van der Waals surface area contributed by atoms with E-state index in [0.29, 0.717) is 0 Å². The van der Waals surface area contributed by atoms with Gasteiger partial charge in [0, 0.05) is 9.61 Å². The lowest BCUT2D eigenvalue weighted by Crippen LogP contribution is -2.18. The molecule has 0 saturated heterocycles. The Labute approximate surface area is 118 Å². The first-order valence-corrected chi connectivity index (χ1v) is 7.27. The SMILES string of the molecule is CCCCc1cc(OC)c(CC(C)N)cc1I. The highest BCUT2D eigenvalue weighted by Gasteiger charge is 2.10. The minimum Gasteiger partial charge on any atom is -0.496 e. The minimum absolute atomic E-state index is 0.168. The summed E-state index contributed by atoms with van der Waals surface area (Å²) in [6, 6.07) is 4.56. The lowest BCUT2D eigenvalue weighted by molar-refractivity contribution is 0.407. The van der Waals surface area contributed by atoms with Gasteiger partial charge < -0.3 is 10.5 Å². The maximum absolute atomic E-state index is 5.86. The van der Waals surface area contributed by atoms with Gasteiger partial charge in [-0.25, -0.2) is 0 Å². The van der Waals surface area contributed by atoms with Crippen LogP contribution in [0.3, 0.4) is 0 Å². The summed E-state index contributed by atoms with van der Waals surface area (Å²) in [5.41, 5.74) is 8.46. The third kappa shape index (κ3) is 4.47. The third-order valence-electron chi connectivity index (χ3n) is 2.79. The number of halogens is 1. The lowest BCUT2D eigenvalue weighted by Gasteiger charge is -2.14. The molecule has 0 aliphatic heterocycles. The fourth-order valence-electron chi connectivity index (χ4n) is 1.89. The minimum atomic E-state index is 0.168. The number of rotatable bonds is 6. The highest BCUT2D eigenvalue weighted by Crippen LogP contribution is 2.27. The van der Waals surface area contributed by atoms with Crippen LogP contribution in [0, 0.1) is 3.57 Å². The Kier molecular flexibility index (Phi) is 6.27. The smallest absolute Gasteiger partial charge is 0.122 e. The predicted molar refractivity (Wildman–Crippen MR) is 81.7 cm³/mol. The van der Waals surface area contributed by atoms with Crippen LogP contribution in [0.15, 0.2) is 12.1 Å². The molecule has 2 nitrogen and oxygen atoms in total. The molecule has 2 N–H and O–H groups in total. The molecule has 0 radical (unpaired) electrons. The lowest BCUT2D eigenvalue weighted by atomic mass is 10.0. The van der Waals surface area contributed by atoms with E-state index in [1.54, 1.807) is 7.11 Å². The summed E-state index contributed by atoms with van der Waals surface area (Å²) in [4.78, 5) is 0. The number of unbranched alkanes of at least 4 members (excludes halogenated alkanes) is 1. The standard InChI is InChI=1S/C14H22INO/c1-4-5-6-11-9-14(17-3)12(7-10(2)16)8-13(11)15/h8-10H,4-7,16H2,1-3H3. The van der Waals surface area contributed by atoms with E-state index < -0.39 is 0 Å². The zero-order chi connectivity index (χ0) is 12.8. The number of hydrogen-bond acceptors (Lipinski definition) is 2. The van der Waals surface area contributed by atoms with Crippen LogP contribution >= 0.6 is 22.6 Å². The van der Waals surface area contributed by atoms with Crippen molar-refractivity contribution in [3.05, 3.63) is 26.8 Å². The van der Waals surface area contributed by atoms with Gasteiger partial charge in [0.25, 0.3) is 0 Å². The number of aryl methyl sites for hydroxylation is 1. The molecule has 1 rings (SSSR count). The maximum atomic E-state index is 5.86. The zero-order valence-electron chi connectivity index (χ0n) is 10.9. The molecule has 0 heterocycles. The molecular formula is C14H22INO. The number of hydrogen-bond donors (Lipinski definition) is 1. The Morgan fingerprint density at radius 3 is 2.59 bits per heavy atom. The van der Waals surface area contributed by atoms with E-state index in [4.69, 9.17) is 10.5 Å². The highest BCUT2D eigenvalue weighted by atomic mass is 127. The first-order chi connectivity index (χ1) is 8.08. The quantitative estimate of drug-likeness (QED) is 0.799. The maximum Gasteiger partial charge on any atom is 0.122 e. The van der Waals surface area contributed by atoms with Crippen molar-refractivity contribution in [3.63, 3.8) is 0 Å². The molecule has 0 aliphatic rings. The van der Waals surface area contributed by atoms with Gasteiger partial charge in [0.05, 0.1) is 7.11 Å². The Balaban J connectivity index is 2.97. The molecule has 0 fully saturated rings. The highest BCUT2D eigenvalue weighted by molar-refractivity contribution is 14.1. The molecule has 1 aromatic rings. The van der Waals surface area contributed by atoms with Crippen molar-refractivity contribution in [2.45, 2.75) is 45.6 Å². The largest absolute Gasteiger partial charge is 0.496 e. The van der Waals surface area contributed by atoms with Gasteiger partial charge in [0.1, 0.15) is 5.75 Å². The average molecular weight is 347 g/mol. The van der Waals surface area contributed by atoms with Crippen LogP contribution in [-0.4, -0.2) is 13.2 Å². The number of benzene rings is 1. The Bertz CT molecular complexity index is 363. The molecule has 17 heavy (non-hydrogen) atoms. The molecule has 96 valence electrons. The molecule has 0 amide bonds. The summed E-state index contributed by atoms with van der Waals surface area (Å²) in [5, 5.41) is 0. The Hall–Kier alpha value is -0.290. The predicted octanol–water partition coefficient (Wildman–Crippen LogP) is 3.53. The fraction of sp³-hybridized carbons (Fsp3) is 0.571. The van der Waals surface area contributed by atoms with E-state index in [0.717, 1.165) is 18.6 Å². The summed E-state index contributed by atoms with van der Waals surface area (Å²) in [7, 11) is 1.73. The van der Waals surface area contributed by atoms with Gasteiger partial charge in [0.15, 0.2) is 0 Å². The van der Waals surface area contributed by atoms with Crippen LogP contribution in [-0.2, 0) is 12.8 Å². The average Bonchev–Trinajstić information content (AvgIpc) is 2.27. The summed E-state index contributed by atoms with van der Waals surface area (Å²) in [5.74, 6) is 0.980. The first kappa shape index (κ1) is 14.8. The Morgan fingerprint density at radius 2 is 2.06 bits per heavy atom. The molecule has 0 spiro atoms. The summed E-state index contributed by atoms with van der Waals surface area (Å²) >= 11 is 2.41. The van der Waals surface area contributed by atoms with E-state index in [9.17, 15) is 0 Å². The van der Waals surface area contributed by atoms with Crippen LogP contribution in [0.2, 0.25) is 0 Å². The van der Waals surface area contributed by atoms with Crippen molar-refractivity contribution >= 4 is 22.6 Å². The van der Waals surface area contributed by atoms with Crippen molar-refractivity contribution in [2.24, 2.45) is 5.73 Å². The van der Waals surface area contributed by atoms with Gasteiger partial charge in [-0.1, -0.05) is 13.3 Å². The van der Waals surface area contributed by atoms with Crippen LogP contribution in [0.1, 0.15) is 37.8 Å². The normalized spacial score (nSPS) is 12.5. The van der Waals surface area contributed by atoms with E-state index in [-0.39, 0.29) is 6.04 Å². The van der Waals surface area contributed by atoms with E-state index in [1.807, 2.05) is 6.92 Å². The van der Waals surface area contributed by atoms with Crippen molar-refractivity contribution in [1.82, 2.24) is 0 Å². The molecule has 1 aromatic carbocycles. The summed E-state index contributed by atoms with van der Waals surface area (Å²) in [6.45, 7) is 4.24. The van der Waals surface area contributed by atoms with Gasteiger partial charge in [-0.2, -0.15) is 0 Å².